The minimum atomic E-state index is -4.65. The summed E-state index contributed by atoms with van der Waals surface area (Å²) in [4.78, 5) is 11.1. The Bertz CT molecular complexity index is 598. The Hall–Kier alpha value is -1.54. The van der Waals surface area contributed by atoms with E-state index < -0.39 is 36.0 Å². The highest BCUT2D eigenvalue weighted by Crippen LogP contribution is 2.38. The van der Waals surface area contributed by atoms with E-state index >= 15 is 0 Å². The van der Waals surface area contributed by atoms with Crippen LogP contribution < -0.4 is 11.2 Å². The monoisotopic (exact) mass is 315 g/mol. The van der Waals surface area contributed by atoms with Crippen molar-refractivity contribution in [1.82, 2.24) is 0 Å². The first-order valence-corrected chi connectivity index (χ1v) is 6.72. The van der Waals surface area contributed by atoms with Crippen LogP contribution >= 0.6 is 0 Å². The zero-order valence-corrected chi connectivity index (χ0v) is 12.7. The second-order valence-corrected chi connectivity index (χ2v) is 6.25. The first kappa shape index (κ1) is 16.8. The first-order chi connectivity index (χ1) is 9.85. The van der Waals surface area contributed by atoms with Crippen LogP contribution in [0, 0.1) is 0 Å². The molecule has 0 unspecified atom stereocenters. The molecule has 1 aromatic carbocycles. The first-order valence-electron chi connectivity index (χ1n) is 6.72. The van der Waals surface area contributed by atoms with Gasteiger partial charge in [-0.25, -0.2) is 0 Å². The number of benzene rings is 1. The highest BCUT2D eigenvalue weighted by atomic mass is 19.4. The maximum atomic E-state index is 13.3. The number of amides is 1. The summed E-state index contributed by atoms with van der Waals surface area (Å²) in [6.45, 7) is 6.99. The number of carbonyl (C=O) groups excluding carboxylic acids is 1. The van der Waals surface area contributed by atoms with Crippen molar-refractivity contribution in [2.75, 3.05) is 0 Å². The Morgan fingerprint density at radius 1 is 1.14 bits per heavy atom. The molecule has 1 aliphatic rings. The molecule has 0 aliphatic carbocycles. The molecule has 1 fully saturated rings. The van der Waals surface area contributed by atoms with Crippen LogP contribution in [0.2, 0.25) is 0 Å². The number of primary amides is 1. The highest BCUT2D eigenvalue weighted by molar-refractivity contribution is 6.62. The molecule has 120 valence electrons. The van der Waals surface area contributed by atoms with Crippen LogP contribution in [0.5, 0.6) is 0 Å². The van der Waals surface area contributed by atoms with Gasteiger partial charge in [-0.3, -0.25) is 4.79 Å². The third kappa shape index (κ3) is 2.85. The lowest BCUT2D eigenvalue weighted by molar-refractivity contribution is -0.136. The Kier molecular flexibility index (Phi) is 3.82. The molecular weight excluding hydrogens is 298 g/mol. The SMILES string of the molecule is CC1(C)OB(c2ccc(C(N)=O)cc2C(F)(F)F)OC1(C)C. The van der Waals surface area contributed by atoms with Crippen molar-refractivity contribution in [2.24, 2.45) is 5.73 Å². The van der Waals surface area contributed by atoms with Gasteiger partial charge in [0.15, 0.2) is 0 Å². The molecule has 1 aliphatic heterocycles. The van der Waals surface area contributed by atoms with Gasteiger partial charge >= 0.3 is 13.3 Å². The Morgan fingerprint density at radius 2 is 1.64 bits per heavy atom. The van der Waals surface area contributed by atoms with Gasteiger partial charge in [-0.1, -0.05) is 6.07 Å². The summed E-state index contributed by atoms with van der Waals surface area (Å²) in [7, 11) is -1.16. The van der Waals surface area contributed by atoms with Gasteiger partial charge in [0, 0.05) is 5.56 Å². The number of nitrogens with two attached hydrogens (primary N) is 1. The third-order valence-corrected chi connectivity index (χ3v) is 4.15. The van der Waals surface area contributed by atoms with Crippen molar-refractivity contribution in [3.63, 3.8) is 0 Å². The largest absolute Gasteiger partial charge is 0.495 e. The summed E-state index contributed by atoms with van der Waals surface area (Å²) in [5, 5.41) is 0. The second kappa shape index (κ2) is 4.99. The smallest absolute Gasteiger partial charge is 0.399 e. The lowest BCUT2D eigenvalue weighted by atomic mass is 9.75. The molecule has 2 N–H and O–H groups in total. The number of carbonyl (C=O) groups is 1. The lowest BCUT2D eigenvalue weighted by Gasteiger charge is -2.32. The fourth-order valence-electron chi connectivity index (χ4n) is 2.13. The summed E-state index contributed by atoms with van der Waals surface area (Å²) in [6.07, 6.45) is -4.65. The molecule has 1 heterocycles. The van der Waals surface area contributed by atoms with Crippen molar-refractivity contribution in [3.8, 4) is 0 Å². The normalized spacial score (nSPS) is 20.2. The van der Waals surface area contributed by atoms with Crippen LogP contribution in [-0.4, -0.2) is 24.2 Å². The van der Waals surface area contributed by atoms with Crippen LogP contribution in [0.3, 0.4) is 0 Å². The molecule has 0 aromatic heterocycles. The van der Waals surface area contributed by atoms with E-state index in [1.807, 2.05) is 0 Å². The van der Waals surface area contributed by atoms with Gasteiger partial charge in [0.2, 0.25) is 5.91 Å². The molecule has 0 radical (unpaired) electrons. The molecule has 22 heavy (non-hydrogen) atoms. The minimum Gasteiger partial charge on any atom is -0.399 e. The predicted molar refractivity (Wildman–Crippen MR) is 75.7 cm³/mol. The van der Waals surface area contributed by atoms with Crippen LogP contribution in [-0.2, 0) is 15.5 Å². The predicted octanol–water partition coefficient (Wildman–Crippen LogP) is 2.10. The zero-order chi connectivity index (χ0) is 16.9. The maximum Gasteiger partial charge on any atom is 0.495 e. The van der Waals surface area contributed by atoms with Gasteiger partial charge in [-0.05, 0) is 45.3 Å². The molecule has 1 aromatic rings. The fraction of sp³-hybridized carbons (Fsp3) is 0.500. The van der Waals surface area contributed by atoms with Crippen LogP contribution in [0.1, 0.15) is 43.6 Å². The van der Waals surface area contributed by atoms with Crippen LogP contribution in [0.15, 0.2) is 18.2 Å². The summed E-state index contributed by atoms with van der Waals surface area (Å²) in [5.41, 5.74) is 2.16. The van der Waals surface area contributed by atoms with E-state index in [4.69, 9.17) is 15.0 Å². The van der Waals surface area contributed by atoms with Gasteiger partial charge in [0.25, 0.3) is 0 Å². The number of hydrogen-bond donors (Lipinski definition) is 1. The average Bonchev–Trinajstić information content (AvgIpc) is 2.56. The molecule has 4 nitrogen and oxygen atoms in total. The lowest BCUT2D eigenvalue weighted by Crippen LogP contribution is -2.41. The number of rotatable bonds is 2. The quantitative estimate of drug-likeness (QED) is 0.850. The molecular formula is C14H17BF3NO3. The summed E-state index contributed by atoms with van der Waals surface area (Å²) < 4.78 is 51.1. The minimum absolute atomic E-state index is 0.170. The second-order valence-electron chi connectivity index (χ2n) is 6.25. The van der Waals surface area contributed by atoms with Crippen molar-refractivity contribution >= 4 is 18.5 Å². The van der Waals surface area contributed by atoms with Crippen molar-refractivity contribution < 1.29 is 27.3 Å². The van der Waals surface area contributed by atoms with Gasteiger partial charge in [0.1, 0.15) is 0 Å². The topological polar surface area (TPSA) is 61.5 Å². The number of hydrogen-bond acceptors (Lipinski definition) is 3. The van der Waals surface area contributed by atoms with E-state index in [2.05, 4.69) is 0 Å². The standard InChI is InChI=1S/C14H17BF3NO3/c1-12(2)13(3,4)22-15(21-12)10-6-5-8(11(19)20)7-9(10)14(16,17)18/h5-7H,1-4H3,(H2,19,20). The molecule has 1 amide bonds. The van der Waals surface area contributed by atoms with E-state index in [0.29, 0.717) is 0 Å². The van der Waals surface area contributed by atoms with E-state index in [-0.39, 0.29) is 11.0 Å². The van der Waals surface area contributed by atoms with Gasteiger partial charge < -0.3 is 15.0 Å². The Balaban J connectivity index is 2.51. The fourth-order valence-corrected chi connectivity index (χ4v) is 2.13. The maximum absolute atomic E-state index is 13.3. The molecule has 0 atom stereocenters. The summed E-state index contributed by atoms with van der Waals surface area (Å²) >= 11 is 0. The molecule has 0 bridgehead atoms. The third-order valence-electron chi connectivity index (χ3n) is 4.15. The van der Waals surface area contributed by atoms with Crippen molar-refractivity contribution in [3.05, 3.63) is 29.3 Å². The summed E-state index contributed by atoms with van der Waals surface area (Å²) in [6, 6.07) is 3.13. The van der Waals surface area contributed by atoms with Gasteiger partial charge in [0.05, 0.1) is 16.8 Å². The summed E-state index contributed by atoms with van der Waals surface area (Å²) in [5.74, 6) is -0.925. The van der Waals surface area contributed by atoms with Gasteiger partial charge in [-0.2, -0.15) is 13.2 Å². The Morgan fingerprint density at radius 3 is 2.05 bits per heavy atom. The molecule has 8 heteroatoms. The molecule has 0 spiro atoms. The Labute approximate surface area is 126 Å². The van der Waals surface area contributed by atoms with Crippen LogP contribution in [0.4, 0.5) is 13.2 Å². The van der Waals surface area contributed by atoms with Crippen LogP contribution in [0.25, 0.3) is 0 Å². The average molecular weight is 315 g/mol. The van der Waals surface area contributed by atoms with E-state index in [0.717, 1.165) is 6.07 Å². The van der Waals surface area contributed by atoms with Crippen molar-refractivity contribution in [1.29, 1.82) is 0 Å². The zero-order valence-electron chi connectivity index (χ0n) is 12.7. The highest BCUT2D eigenvalue weighted by Gasteiger charge is 2.53. The van der Waals surface area contributed by atoms with Crippen molar-refractivity contribution in [2.45, 2.75) is 45.1 Å². The van der Waals surface area contributed by atoms with E-state index in [1.54, 1.807) is 27.7 Å². The molecule has 1 saturated heterocycles. The van der Waals surface area contributed by atoms with E-state index in [1.165, 1.54) is 12.1 Å². The number of alkyl halides is 3. The number of halogens is 3. The van der Waals surface area contributed by atoms with Gasteiger partial charge in [-0.15, -0.1) is 0 Å². The van der Waals surface area contributed by atoms with E-state index in [9.17, 15) is 18.0 Å². The molecule has 0 saturated carbocycles. The molecule has 2 rings (SSSR count).